The molecular weight excluding hydrogens is 396 g/mol. The Morgan fingerprint density at radius 3 is 2.16 bits per heavy atom. The Morgan fingerprint density at radius 2 is 1.68 bits per heavy atom. The maximum atomic E-state index is 10.5. The molecule has 0 spiro atoms. The standard InChI is InChI=1S/C23H30N4O4/c1-5-7-11-30-23(31-12-8-6-2)22(15-25)19(21(22,14-24)20(26)27-23)17-10-9-16(28-3)13-18(17)29-4/h9-10,13,19H,5-8,11-12H2,1-4H3,(H2,26,27). The normalized spacial score (nSPS) is 27.5. The highest BCUT2D eigenvalue weighted by Crippen LogP contribution is 2.82. The zero-order valence-corrected chi connectivity index (χ0v) is 18.6. The van der Waals surface area contributed by atoms with Gasteiger partial charge in [0.15, 0.2) is 5.41 Å². The average Bonchev–Trinajstić information content (AvgIpc) is 3.36. The van der Waals surface area contributed by atoms with Gasteiger partial charge in [0.25, 0.3) is 5.91 Å². The van der Waals surface area contributed by atoms with Crippen LogP contribution in [0.4, 0.5) is 0 Å². The molecule has 0 radical (unpaired) electrons. The molecule has 1 aromatic rings. The van der Waals surface area contributed by atoms with Crippen molar-refractivity contribution in [2.45, 2.75) is 51.4 Å². The molecule has 8 heteroatoms. The number of nitrogens with two attached hydrogens (primary N) is 1. The van der Waals surface area contributed by atoms with Gasteiger partial charge in [0.05, 0.1) is 39.6 Å². The highest BCUT2D eigenvalue weighted by molar-refractivity contribution is 6.00. The summed E-state index contributed by atoms with van der Waals surface area (Å²) >= 11 is 0. The number of methoxy groups -OCH3 is 2. The van der Waals surface area contributed by atoms with Crippen LogP contribution in [-0.2, 0) is 9.47 Å². The first kappa shape index (κ1) is 22.9. The summed E-state index contributed by atoms with van der Waals surface area (Å²) in [4.78, 5) is 4.48. The van der Waals surface area contributed by atoms with Gasteiger partial charge in [0.2, 0.25) is 0 Å². The number of rotatable bonds is 11. The highest BCUT2D eigenvalue weighted by atomic mass is 16.7. The summed E-state index contributed by atoms with van der Waals surface area (Å²) in [6, 6.07) is 9.95. The lowest BCUT2D eigenvalue weighted by Crippen LogP contribution is -2.44. The molecule has 0 saturated heterocycles. The van der Waals surface area contributed by atoms with Gasteiger partial charge in [-0.05, 0) is 18.9 Å². The summed E-state index contributed by atoms with van der Waals surface area (Å²) in [5.74, 6) is -1.08. The van der Waals surface area contributed by atoms with E-state index in [-0.39, 0.29) is 5.84 Å². The van der Waals surface area contributed by atoms with Crippen LogP contribution in [0, 0.1) is 33.5 Å². The average molecular weight is 427 g/mol. The van der Waals surface area contributed by atoms with Gasteiger partial charge in [-0.15, -0.1) is 0 Å². The predicted molar refractivity (Wildman–Crippen MR) is 114 cm³/mol. The molecule has 0 amide bonds. The van der Waals surface area contributed by atoms with Crippen LogP contribution in [-0.4, -0.2) is 39.2 Å². The van der Waals surface area contributed by atoms with Crippen LogP contribution in [0.3, 0.4) is 0 Å². The molecule has 1 aliphatic heterocycles. The number of benzene rings is 1. The van der Waals surface area contributed by atoms with E-state index in [9.17, 15) is 10.5 Å². The molecule has 1 aromatic carbocycles. The summed E-state index contributed by atoms with van der Waals surface area (Å²) in [5, 5.41) is 20.7. The Kier molecular flexibility index (Phi) is 6.45. The van der Waals surface area contributed by atoms with E-state index in [1.165, 1.54) is 7.11 Å². The first-order valence-corrected chi connectivity index (χ1v) is 10.7. The second-order valence-electron chi connectivity index (χ2n) is 7.86. The molecule has 1 saturated carbocycles. The van der Waals surface area contributed by atoms with Crippen LogP contribution in [0.2, 0.25) is 0 Å². The van der Waals surface area contributed by atoms with E-state index in [1.54, 1.807) is 25.3 Å². The Balaban J connectivity index is 2.15. The van der Waals surface area contributed by atoms with Crippen LogP contribution in [0.5, 0.6) is 11.5 Å². The van der Waals surface area contributed by atoms with Crippen LogP contribution in [0.1, 0.15) is 51.0 Å². The molecular formula is C23H30N4O4. The Bertz CT molecular complexity index is 924. The first-order chi connectivity index (χ1) is 15.0. The summed E-state index contributed by atoms with van der Waals surface area (Å²) in [6.07, 6.45) is 3.35. The van der Waals surface area contributed by atoms with Crippen molar-refractivity contribution in [2.75, 3.05) is 27.4 Å². The minimum Gasteiger partial charge on any atom is -0.497 e. The fourth-order valence-corrected chi connectivity index (χ4v) is 4.59. The van der Waals surface area contributed by atoms with Gasteiger partial charge in [-0.1, -0.05) is 32.8 Å². The van der Waals surface area contributed by atoms with Crippen LogP contribution >= 0.6 is 0 Å². The lowest BCUT2D eigenvalue weighted by molar-refractivity contribution is -0.260. The van der Waals surface area contributed by atoms with Crippen LogP contribution in [0.15, 0.2) is 23.2 Å². The summed E-state index contributed by atoms with van der Waals surface area (Å²) < 4.78 is 23.2. The molecule has 3 atom stereocenters. The van der Waals surface area contributed by atoms with E-state index in [2.05, 4.69) is 17.1 Å². The predicted octanol–water partition coefficient (Wildman–Crippen LogP) is 3.48. The second kappa shape index (κ2) is 8.74. The fourth-order valence-electron chi connectivity index (χ4n) is 4.59. The first-order valence-electron chi connectivity index (χ1n) is 10.7. The van der Waals surface area contributed by atoms with E-state index >= 15 is 0 Å². The van der Waals surface area contributed by atoms with Crippen molar-refractivity contribution in [3.8, 4) is 23.6 Å². The number of fused-ring (bicyclic) bond motifs is 1. The molecule has 1 heterocycles. The molecule has 166 valence electrons. The minimum atomic E-state index is -1.64. The van der Waals surface area contributed by atoms with Gasteiger partial charge in [-0.3, -0.25) is 0 Å². The molecule has 1 fully saturated rings. The van der Waals surface area contributed by atoms with Crippen LogP contribution in [0.25, 0.3) is 0 Å². The van der Waals surface area contributed by atoms with Gasteiger partial charge < -0.3 is 24.7 Å². The molecule has 1 aliphatic carbocycles. The van der Waals surface area contributed by atoms with Gasteiger partial charge >= 0.3 is 0 Å². The Morgan fingerprint density at radius 1 is 1.03 bits per heavy atom. The van der Waals surface area contributed by atoms with E-state index in [0.29, 0.717) is 30.3 Å². The number of amidine groups is 1. The molecule has 0 aromatic heterocycles. The van der Waals surface area contributed by atoms with Crippen LogP contribution < -0.4 is 15.2 Å². The van der Waals surface area contributed by atoms with Crippen molar-refractivity contribution in [2.24, 2.45) is 21.6 Å². The fraction of sp³-hybridized carbons (Fsp3) is 0.609. The third kappa shape index (κ3) is 3.05. The molecule has 3 rings (SSSR count). The topological polar surface area (TPSA) is 123 Å². The number of nitrogens with zero attached hydrogens (tertiary/aromatic N) is 3. The molecule has 3 unspecified atom stereocenters. The van der Waals surface area contributed by atoms with Crippen molar-refractivity contribution in [1.29, 1.82) is 10.5 Å². The molecule has 31 heavy (non-hydrogen) atoms. The number of unbranched alkanes of at least 4 members (excludes halogenated alkanes) is 2. The number of hydrogen-bond acceptors (Lipinski definition) is 8. The molecule has 8 nitrogen and oxygen atoms in total. The zero-order chi connectivity index (χ0) is 22.7. The summed E-state index contributed by atoms with van der Waals surface area (Å²) in [7, 11) is 3.10. The van der Waals surface area contributed by atoms with E-state index in [0.717, 1.165) is 25.7 Å². The third-order valence-electron chi connectivity index (χ3n) is 6.27. The maximum absolute atomic E-state index is 10.5. The van der Waals surface area contributed by atoms with Crippen molar-refractivity contribution in [1.82, 2.24) is 0 Å². The summed E-state index contributed by atoms with van der Waals surface area (Å²) in [5.41, 5.74) is 4.24. The van der Waals surface area contributed by atoms with Crippen molar-refractivity contribution in [3.05, 3.63) is 23.8 Å². The number of aliphatic imine (C=N–C) groups is 1. The Hall–Kier alpha value is -2.81. The van der Waals surface area contributed by atoms with Crippen molar-refractivity contribution < 1.29 is 18.9 Å². The van der Waals surface area contributed by atoms with Gasteiger partial charge in [0, 0.05) is 17.5 Å². The zero-order valence-electron chi connectivity index (χ0n) is 18.6. The van der Waals surface area contributed by atoms with Crippen molar-refractivity contribution >= 4 is 5.84 Å². The lowest BCUT2D eigenvalue weighted by atomic mass is 9.93. The smallest absolute Gasteiger partial charge is 0.293 e. The Labute approximate surface area is 183 Å². The molecule has 2 aliphatic rings. The number of hydrogen-bond donors (Lipinski definition) is 1. The van der Waals surface area contributed by atoms with Gasteiger partial charge in [-0.2, -0.15) is 10.5 Å². The van der Waals surface area contributed by atoms with Gasteiger partial charge in [0.1, 0.15) is 22.7 Å². The largest absolute Gasteiger partial charge is 0.497 e. The van der Waals surface area contributed by atoms with E-state index in [1.807, 2.05) is 13.8 Å². The SMILES string of the molecule is CCCCOC1(OCCCC)N=C(N)C2(C#N)C(c3ccc(OC)cc3OC)C12C#N. The second-order valence-corrected chi connectivity index (χ2v) is 7.86. The monoisotopic (exact) mass is 426 g/mol. The summed E-state index contributed by atoms with van der Waals surface area (Å²) in [6.45, 7) is 4.78. The highest BCUT2D eigenvalue weighted by Gasteiger charge is 2.94. The third-order valence-corrected chi connectivity index (χ3v) is 6.27. The molecule has 2 N–H and O–H groups in total. The minimum absolute atomic E-state index is 0.0624. The van der Waals surface area contributed by atoms with Crippen molar-refractivity contribution in [3.63, 3.8) is 0 Å². The number of ether oxygens (including phenoxy) is 4. The molecule has 0 bridgehead atoms. The number of nitriles is 2. The lowest BCUT2D eigenvalue weighted by Gasteiger charge is -2.32. The van der Waals surface area contributed by atoms with Gasteiger partial charge in [-0.25, -0.2) is 4.99 Å². The maximum Gasteiger partial charge on any atom is 0.293 e. The quantitative estimate of drug-likeness (QED) is 0.424. The van der Waals surface area contributed by atoms with E-state index < -0.39 is 22.7 Å². The van der Waals surface area contributed by atoms with E-state index in [4.69, 9.17) is 24.7 Å².